The summed E-state index contributed by atoms with van der Waals surface area (Å²) in [5.41, 5.74) is 8.15. The highest BCUT2D eigenvalue weighted by Gasteiger charge is 2.21. The van der Waals surface area contributed by atoms with Gasteiger partial charge in [0.1, 0.15) is 0 Å². The molecule has 2 N–H and O–H groups in total. The van der Waals surface area contributed by atoms with E-state index in [2.05, 4.69) is 5.10 Å². The number of carbonyl (C=O) groups excluding carboxylic acids is 2. The molecule has 0 radical (unpaired) electrons. The molecular weight excluding hydrogens is 244 g/mol. The van der Waals surface area contributed by atoms with Crippen molar-refractivity contribution < 1.29 is 9.59 Å². The molecule has 6 heteroatoms. The third kappa shape index (κ3) is 1.76. The summed E-state index contributed by atoms with van der Waals surface area (Å²) in [6, 6.07) is 3.18. The second-order valence-electron chi connectivity index (χ2n) is 4.78. The highest BCUT2D eigenvalue weighted by Crippen LogP contribution is 2.27. The standard InChI is InChI=1S/C13H14N4O2/c1-16-7-10-8(3-5-12(16)18)2-4-11-9(10)6-15-17(11)13(14)19/h2,4,6H,3,5,7H2,1H3,(H2,14,19). The fourth-order valence-electron chi connectivity index (χ4n) is 2.56. The van der Waals surface area contributed by atoms with Crippen LogP contribution in [0.2, 0.25) is 0 Å². The molecule has 3 rings (SSSR count). The Morgan fingerprint density at radius 3 is 2.89 bits per heavy atom. The minimum Gasteiger partial charge on any atom is -0.350 e. The fraction of sp³-hybridized carbons (Fsp3) is 0.308. The summed E-state index contributed by atoms with van der Waals surface area (Å²) in [4.78, 5) is 24.8. The molecule has 0 bridgehead atoms. The number of rotatable bonds is 0. The van der Waals surface area contributed by atoms with Gasteiger partial charge >= 0.3 is 6.03 Å². The summed E-state index contributed by atoms with van der Waals surface area (Å²) in [5.74, 6) is 0.131. The van der Waals surface area contributed by atoms with Crippen molar-refractivity contribution in [3.8, 4) is 0 Å². The van der Waals surface area contributed by atoms with Gasteiger partial charge in [0.25, 0.3) is 0 Å². The van der Waals surface area contributed by atoms with Gasteiger partial charge in [-0.3, -0.25) is 4.79 Å². The van der Waals surface area contributed by atoms with Crippen molar-refractivity contribution in [2.75, 3.05) is 7.05 Å². The van der Waals surface area contributed by atoms with Gasteiger partial charge in [0.2, 0.25) is 5.91 Å². The maximum Gasteiger partial charge on any atom is 0.340 e. The summed E-state index contributed by atoms with van der Waals surface area (Å²) < 4.78 is 1.18. The Morgan fingerprint density at radius 2 is 2.16 bits per heavy atom. The molecular formula is C13H14N4O2. The van der Waals surface area contributed by atoms with Crippen molar-refractivity contribution in [1.29, 1.82) is 0 Å². The van der Waals surface area contributed by atoms with Gasteiger partial charge in [0.15, 0.2) is 0 Å². The number of aryl methyl sites for hydroxylation is 1. The number of hydrogen-bond acceptors (Lipinski definition) is 3. The van der Waals surface area contributed by atoms with Crippen LogP contribution in [0.3, 0.4) is 0 Å². The number of aromatic nitrogens is 2. The lowest BCUT2D eigenvalue weighted by atomic mass is 10.0. The van der Waals surface area contributed by atoms with Gasteiger partial charge in [-0.2, -0.15) is 9.78 Å². The van der Waals surface area contributed by atoms with E-state index in [9.17, 15) is 9.59 Å². The normalized spacial score (nSPS) is 15.4. The van der Waals surface area contributed by atoms with Gasteiger partial charge in [0.05, 0.1) is 11.7 Å². The lowest BCUT2D eigenvalue weighted by Gasteiger charge is -2.15. The Balaban J connectivity index is 2.21. The first-order chi connectivity index (χ1) is 9.08. The van der Waals surface area contributed by atoms with Crippen LogP contribution in [0.5, 0.6) is 0 Å². The summed E-state index contributed by atoms with van der Waals surface area (Å²) >= 11 is 0. The zero-order valence-electron chi connectivity index (χ0n) is 10.6. The molecule has 0 unspecified atom stereocenters. The zero-order chi connectivity index (χ0) is 13.6. The SMILES string of the molecule is CN1Cc2c(ccc3c2cnn3C(N)=O)CCC1=O. The number of nitrogens with two attached hydrogens (primary N) is 1. The van der Waals surface area contributed by atoms with Crippen molar-refractivity contribution in [3.05, 3.63) is 29.5 Å². The monoisotopic (exact) mass is 258 g/mol. The quantitative estimate of drug-likeness (QED) is 0.761. The molecule has 0 saturated carbocycles. The molecule has 0 atom stereocenters. The predicted octanol–water partition coefficient (Wildman–Crippen LogP) is 0.868. The molecule has 1 aromatic carbocycles. The molecule has 19 heavy (non-hydrogen) atoms. The molecule has 0 fully saturated rings. The van der Waals surface area contributed by atoms with E-state index in [0.29, 0.717) is 18.5 Å². The maximum atomic E-state index is 11.8. The number of primary amides is 1. The highest BCUT2D eigenvalue weighted by molar-refractivity contribution is 5.92. The van der Waals surface area contributed by atoms with E-state index in [1.807, 2.05) is 12.1 Å². The van der Waals surface area contributed by atoms with Gasteiger partial charge in [-0.15, -0.1) is 0 Å². The molecule has 1 aromatic heterocycles. The average Bonchev–Trinajstić information content (AvgIpc) is 2.75. The summed E-state index contributed by atoms with van der Waals surface area (Å²) in [7, 11) is 1.79. The van der Waals surface area contributed by atoms with E-state index in [4.69, 9.17) is 5.73 Å². The van der Waals surface area contributed by atoms with Gasteiger partial charge in [-0.25, -0.2) is 4.79 Å². The first-order valence-electron chi connectivity index (χ1n) is 6.10. The van der Waals surface area contributed by atoms with Crippen LogP contribution in [0.1, 0.15) is 17.5 Å². The number of fused-ring (bicyclic) bond motifs is 3. The van der Waals surface area contributed by atoms with Crippen LogP contribution in [0.25, 0.3) is 10.9 Å². The van der Waals surface area contributed by atoms with Crippen LogP contribution in [0, 0.1) is 0 Å². The number of carbonyl (C=O) groups is 2. The topological polar surface area (TPSA) is 81.2 Å². The second-order valence-corrected chi connectivity index (χ2v) is 4.78. The first kappa shape index (κ1) is 11.7. The highest BCUT2D eigenvalue weighted by atomic mass is 16.2. The van der Waals surface area contributed by atoms with Crippen molar-refractivity contribution in [3.63, 3.8) is 0 Å². The molecule has 2 amide bonds. The molecule has 98 valence electrons. The predicted molar refractivity (Wildman–Crippen MR) is 69.5 cm³/mol. The fourth-order valence-corrected chi connectivity index (χ4v) is 2.56. The molecule has 6 nitrogen and oxygen atoms in total. The van der Waals surface area contributed by atoms with Crippen LogP contribution in [0.4, 0.5) is 4.79 Å². The molecule has 0 spiro atoms. The van der Waals surface area contributed by atoms with Crippen molar-refractivity contribution >= 4 is 22.8 Å². The Labute approximate surface area is 109 Å². The van der Waals surface area contributed by atoms with Gasteiger partial charge in [-0.05, 0) is 23.6 Å². The summed E-state index contributed by atoms with van der Waals surface area (Å²) in [5, 5.41) is 4.90. The van der Waals surface area contributed by atoms with E-state index in [-0.39, 0.29) is 5.91 Å². The third-order valence-corrected chi connectivity index (χ3v) is 3.60. The van der Waals surface area contributed by atoms with E-state index >= 15 is 0 Å². The van der Waals surface area contributed by atoms with Crippen molar-refractivity contribution in [2.24, 2.45) is 5.73 Å². The Hall–Kier alpha value is -2.37. The van der Waals surface area contributed by atoms with Crippen molar-refractivity contribution in [2.45, 2.75) is 19.4 Å². The van der Waals surface area contributed by atoms with E-state index in [1.165, 1.54) is 4.68 Å². The molecule has 0 aliphatic carbocycles. The van der Waals surface area contributed by atoms with E-state index in [0.717, 1.165) is 22.9 Å². The Bertz CT molecular complexity index is 689. The minimum atomic E-state index is -0.604. The van der Waals surface area contributed by atoms with E-state index < -0.39 is 6.03 Å². The smallest absolute Gasteiger partial charge is 0.340 e. The van der Waals surface area contributed by atoms with Gasteiger partial charge in [0, 0.05) is 25.4 Å². The molecule has 1 aliphatic heterocycles. The van der Waals surface area contributed by atoms with Gasteiger partial charge < -0.3 is 10.6 Å². The molecule has 2 aromatic rings. The second kappa shape index (κ2) is 4.08. The first-order valence-corrected chi connectivity index (χ1v) is 6.10. The summed E-state index contributed by atoms with van der Waals surface area (Å²) in [6.07, 6.45) is 2.87. The maximum absolute atomic E-state index is 11.8. The molecule has 2 heterocycles. The van der Waals surface area contributed by atoms with Crippen LogP contribution >= 0.6 is 0 Å². The zero-order valence-corrected chi connectivity index (χ0v) is 10.6. The van der Waals surface area contributed by atoms with Crippen LogP contribution in [-0.2, 0) is 17.8 Å². The lowest BCUT2D eigenvalue weighted by Crippen LogP contribution is -2.24. The van der Waals surface area contributed by atoms with Crippen LogP contribution in [0.15, 0.2) is 18.3 Å². The molecule has 1 aliphatic rings. The molecule has 0 saturated heterocycles. The van der Waals surface area contributed by atoms with Crippen molar-refractivity contribution in [1.82, 2.24) is 14.7 Å². The van der Waals surface area contributed by atoms with Gasteiger partial charge in [-0.1, -0.05) is 6.07 Å². The lowest BCUT2D eigenvalue weighted by molar-refractivity contribution is -0.130. The van der Waals surface area contributed by atoms with E-state index in [1.54, 1.807) is 18.1 Å². The third-order valence-electron chi connectivity index (χ3n) is 3.60. The van der Waals surface area contributed by atoms with Crippen LogP contribution in [-0.4, -0.2) is 33.7 Å². The number of amides is 2. The summed E-state index contributed by atoms with van der Waals surface area (Å²) in [6.45, 7) is 0.538. The largest absolute Gasteiger partial charge is 0.350 e. The number of benzene rings is 1. The Morgan fingerprint density at radius 1 is 1.37 bits per heavy atom. The number of nitrogens with zero attached hydrogens (tertiary/aromatic N) is 3. The van der Waals surface area contributed by atoms with Crippen LogP contribution < -0.4 is 5.73 Å². The number of hydrogen-bond donors (Lipinski definition) is 1. The minimum absolute atomic E-state index is 0.131. The Kier molecular flexibility index (Phi) is 2.51. The average molecular weight is 258 g/mol.